The number of carboxylic acid groups (broad SMARTS) is 3. The van der Waals surface area contributed by atoms with Gasteiger partial charge in [0.1, 0.15) is 36.3 Å². The van der Waals surface area contributed by atoms with Gasteiger partial charge in [-0.2, -0.15) is 0 Å². The molecule has 1 aliphatic rings. The zero-order valence-electron chi connectivity index (χ0n) is 33.1. The molecule has 0 spiro atoms. The third-order valence-electron chi connectivity index (χ3n) is 9.48. The molecule has 1 saturated heterocycles. The molecule has 0 aliphatic carbocycles. The van der Waals surface area contributed by atoms with Crippen LogP contribution in [-0.2, 0) is 54.5 Å². The molecule has 8 atom stereocenters. The molecule has 19 heteroatoms. The van der Waals surface area contributed by atoms with E-state index in [9.17, 15) is 58.5 Å². The lowest BCUT2D eigenvalue weighted by Gasteiger charge is -2.33. The zero-order chi connectivity index (χ0) is 43.0. The molecule has 1 fully saturated rings. The maximum absolute atomic E-state index is 14.3. The van der Waals surface area contributed by atoms with Crippen molar-refractivity contribution in [1.29, 1.82) is 0 Å². The second kappa shape index (κ2) is 22.8. The number of benzene rings is 1. The highest BCUT2D eigenvalue weighted by atomic mass is 16.5. The first kappa shape index (κ1) is 47.6. The summed E-state index contributed by atoms with van der Waals surface area (Å²) in [6.45, 7) is 9.55. The highest BCUT2D eigenvalue weighted by molar-refractivity contribution is 5.98. The van der Waals surface area contributed by atoms with Crippen LogP contribution >= 0.6 is 0 Å². The van der Waals surface area contributed by atoms with Crippen molar-refractivity contribution in [2.75, 3.05) is 6.54 Å². The Morgan fingerprint density at radius 3 is 1.82 bits per heavy atom. The Hall–Kier alpha value is -5.59. The number of likely N-dealkylation sites (tertiary alicyclic amines) is 1. The maximum Gasteiger partial charge on any atom is 0.326 e. The number of nitrogens with zero attached hydrogens (tertiary/aromatic N) is 1. The molecular weight excluding hydrogens is 748 g/mol. The van der Waals surface area contributed by atoms with E-state index < -0.39 is 120 Å². The normalized spacial score (nSPS) is 18.2. The molecule has 1 aromatic carbocycles. The fraction of sp³-hybridized carbons (Fsp3) is 0.605. The molecule has 0 saturated carbocycles. The van der Waals surface area contributed by atoms with Crippen molar-refractivity contribution < 1.29 is 63.2 Å². The zero-order valence-corrected chi connectivity index (χ0v) is 33.1. The maximum atomic E-state index is 14.3. The number of carbonyl (C=O) groups excluding carboxylic acids is 6. The number of aliphatic carboxylic acids is 3. The van der Waals surface area contributed by atoms with E-state index in [-0.39, 0.29) is 26.0 Å². The Morgan fingerprint density at radius 2 is 1.32 bits per heavy atom. The first-order valence-electron chi connectivity index (χ1n) is 18.9. The van der Waals surface area contributed by atoms with Gasteiger partial charge in [-0.15, -0.1) is 0 Å². The summed E-state index contributed by atoms with van der Waals surface area (Å²) in [5.74, 6) is -10.6. The average Bonchev–Trinajstić information content (AvgIpc) is 3.58. The van der Waals surface area contributed by atoms with Gasteiger partial charge in [-0.05, 0) is 23.8 Å². The number of carboxylic acids is 3. The summed E-state index contributed by atoms with van der Waals surface area (Å²) in [7, 11) is 0. The van der Waals surface area contributed by atoms with Crippen molar-refractivity contribution in [1.82, 2.24) is 31.5 Å². The van der Waals surface area contributed by atoms with E-state index in [4.69, 9.17) is 4.74 Å². The molecule has 57 heavy (non-hydrogen) atoms. The summed E-state index contributed by atoms with van der Waals surface area (Å²) in [5.41, 5.74) is 0.848. The molecular formula is C38H56N6O13. The smallest absolute Gasteiger partial charge is 0.326 e. The van der Waals surface area contributed by atoms with Crippen molar-refractivity contribution in [2.24, 2.45) is 11.8 Å². The van der Waals surface area contributed by atoms with Gasteiger partial charge < -0.3 is 51.5 Å². The first-order valence-corrected chi connectivity index (χ1v) is 18.9. The Morgan fingerprint density at radius 1 is 0.754 bits per heavy atom. The molecule has 19 nitrogen and oxygen atoms in total. The van der Waals surface area contributed by atoms with Crippen LogP contribution in [0.4, 0.5) is 0 Å². The standard InChI is InChI=1S/C38H56N6O13/c1-7-12-25(38(55)56)40-35(52)28-15-24(57-19-23-13-10-9-11-14-23)18-44(28)37(54)31(20(3)4)42-36(53)32(21(5)8-2)43-34(51)27(17-30(48)49)41-33(50)26(16-29(46)47)39-22(6)45/h9-11,13-14,20-21,24-28,31-32H,7-8,12,15-19H2,1-6H3,(H,39,45)(H,40,52)(H,41,50)(H,42,53)(H,43,51)(H,46,47)(H,48,49)(H,55,56)/t21-,24-,25+,26+,27+,28+,31+,32+/m1/s1. The number of ether oxygens (including phenoxy) is 1. The molecule has 1 aromatic rings. The van der Waals surface area contributed by atoms with Crippen LogP contribution in [0.1, 0.15) is 85.6 Å². The van der Waals surface area contributed by atoms with E-state index in [1.54, 1.807) is 34.6 Å². The van der Waals surface area contributed by atoms with Gasteiger partial charge in [0.25, 0.3) is 0 Å². The number of hydrogen-bond donors (Lipinski definition) is 8. The largest absolute Gasteiger partial charge is 0.481 e. The Labute approximate surface area is 331 Å². The van der Waals surface area contributed by atoms with Gasteiger partial charge in [0.2, 0.25) is 35.4 Å². The van der Waals surface area contributed by atoms with Gasteiger partial charge in [-0.1, -0.05) is 77.8 Å². The molecule has 6 amide bonds. The van der Waals surface area contributed by atoms with Crippen molar-refractivity contribution in [2.45, 2.75) is 129 Å². The summed E-state index contributed by atoms with van der Waals surface area (Å²) >= 11 is 0. The van der Waals surface area contributed by atoms with Gasteiger partial charge in [-0.3, -0.25) is 38.4 Å². The minimum atomic E-state index is -1.80. The van der Waals surface area contributed by atoms with E-state index in [1.807, 2.05) is 30.3 Å². The van der Waals surface area contributed by atoms with E-state index in [0.29, 0.717) is 12.8 Å². The van der Waals surface area contributed by atoms with Gasteiger partial charge in [0.15, 0.2) is 0 Å². The summed E-state index contributed by atoms with van der Waals surface area (Å²) in [4.78, 5) is 116. The Kier molecular flexibility index (Phi) is 19.1. The number of amides is 6. The third kappa shape index (κ3) is 15.1. The monoisotopic (exact) mass is 804 g/mol. The number of carbonyl (C=O) groups is 9. The molecule has 1 heterocycles. The predicted molar refractivity (Wildman–Crippen MR) is 202 cm³/mol. The minimum Gasteiger partial charge on any atom is -0.481 e. The van der Waals surface area contributed by atoms with Crippen molar-refractivity contribution in [3.8, 4) is 0 Å². The second-order valence-electron chi connectivity index (χ2n) is 14.5. The molecule has 1 aliphatic heterocycles. The van der Waals surface area contributed by atoms with Crippen LogP contribution in [0.2, 0.25) is 0 Å². The van der Waals surface area contributed by atoms with Crippen LogP contribution in [0.3, 0.4) is 0 Å². The lowest BCUT2D eigenvalue weighted by atomic mass is 9.95. The molecule has 0 radical (unpaired) electrons. The summed E-state index contributed by atoms with van der Waals surface area (Å²) < 4.78 is 6.08. The van der Waals surface area contributed by atoms with Crippen LogP contribution in [0.5, 0.6) is 0 Å². The highest BCUT2D eigenvalue weighted by Crippen LogP contribution is 2.25. The fourth-order valence-electron chi connectivity index (χ4n) is 6.19. The van der Waals surface area contributed by atoms with E-state index in [0.717, 1.165) is 12.5 Å². The number of hydrogen-bond acceptors (Lipinski definition) is 10. The van der Waals surface area contributed by atoms with E-state index >= 15 is 0 Å². The van der Waals surface area contributed by atoms with Gasteiger partial charge in [0, 0.05) is 19.9 Å². The predicted octanol–water partition coefficient (Wildman–Crippen LogP) is 0.153. The van der Waals surface area contributed by atoms with Crippen molar-refractivity contribution in [3.05, 3.63) is 35.9 Å². The average molecular weight is 805 g/mol. The quantitative estimate of drug-likeness (QED) is 0.0732. The molecule has 0 bridgehead atoms. The minimum absolute atomic E-state index is 0.0408. The summed E-state index contributed by atoms with van der Waals surface area (Å²) in [6.07, 6.45) is -1.49. The summed E-state index contributed by atoms with van der Waals surface area (Å²) in [5, 5.41) is 40.4. The van der Waals surface area contributed by atoms with Crippen LogP contribution in [0.15, 0.2) is 30.3 Å². The van der Waals surface area contributed by atoms with Crippen molar-refractivity contribution in [3.63, 3.8) is 0 Å². The Balaban J connectivity index is 2.38. The van der Waals surface area contributed by atoms with E-state index in [1.165, 1.54) is 4.90 Å². The van der Waals surface area contributed by atoms with Crippen LogP contribution in [-0.4, -0.2) is 122 Å². The van der Waals surface area contributed by atoms with Crippen LogP contribution in [0.25, 0.3) is 0 Å². The lowest BCUT2D eigenvalue weighted by molar-refractivity contribution is -0.146. The number of nitrogens with one attached hydrogen (secondary N) is 5. The fourth-order valence-corrected chi connectivity index (χ4v) is 6.19. The lowest BCUT2D eigenvalue weighted by Crippen LogP contribution is -2.61. The topological polar surface area (TPSA) is 287 Å². The van der Waals surface area contributed by atoms with Crippen LogP contribution in [0, 0.1) is 11.8 Å². The van der Waals surface area contributed by atoms with Crippen molar-refractivity contribution >= 4 is 53.4 Å². The molecule has 0 aromatic heterocycles. The second-order valence-corrected chi connectivity index (χ2v) is 14.5. The highest BCUT2D eigenvalue weighted by Gasteiger charge is 2.44. The molecule has 316 valence electrons. The van der Waals surface area contributed by atoms with Gasteiger partial charge in [0.05, 0.1) is 25.6 Å². The first-order chi connectivity index (χ1) is 26.8. The molecule has 0 unspecified atom stereocenters. The van der Waals surface area contributed by atoms with E-state index in [2.05, 4.69) is 26.6 Å². The van der Waals surface area contributed by atoms with Gasteiger partial charge in [-0.25, -0.2) is 4.79 Å². The third-order valence-corrected chi connectivity index (χ3v) is 9.48. The number of rotatable bonds is 23. The Bertz CT molecular complexity index is 1590. The van der Waals surface area contributed by atoms with Gasteiger partial charge >= 0.3 is 17.9 Å². The summed E-state index contributed by atoms with van der Waals surface area (Å²) in [6, 6.07) is 0.764. The van der Waals surface area contributed by atoms with Crippen LogP contribution < -0.4 is 26.6 Å². The molecule has 8 N–H and O–H groups in total. The SMILES string of the molecule is CCC[C@H](NC(=O)[C@@H]1C[C@@H](OCc2ccccc2)CN1C(=O)[C@@H](NC(=O)[C@@H](NC(=O)[C@H](CC(=O)O)NC(=O)[C@H](CC(=O)O)NC(C)=O)[C@H](C)CC)C(C)C)C(=O)O. The molecule has 2 rings (SSSR count).